The van der Waals surface area contributed by atoms with E-state index in [4.69, 9.17) is 5.11 Å². The number of amides is 2. The fourth-order valence-electron chi connectivity index (χ4n) is 0.854. The molecule has 3 N–H and O–H groups in total. The van der Waals surface area contributed by atoms with Gasteiger partial charge >= 0.3 is 12.0 Å². The zero-order valence-corrected chi connectivity index (χ0v) is 9.19. The number of aliphatic carboxylic acids is 1. The molecular weight excluding hydrogens is 204 g/mol. The maximum atomic E-state index is 11.1. The molecule has 0 radical (unpaired) electrons. The van der Waals surface area contributed by atoms with Gasteiger partial charge in [-0.05, 0) is 13.2 Å². The van der Waals surface area contributed by atoms with Crippen molar-refractivity contribution in [3.8, 4) is 0 Å². The summed E-state index contributed by atoms with van der Waals surface area (Å²) in [5.74, 6) is -0.0669. The van der Waals surface area contributed by atoms with Gasteiger partial charge in [-0.3, -0.25) is 4.79 Å². The van der Waals surface area contributed by atoms with E-state index in [1.165, 1.54) is 0 Å². The molecule has 0 bridgehead atoms. The Bertz CT molecular complexity index is 199. The Balaban J connectivity index is 3.55. The molecule has 14 heavy (non-hydrogen) atoms. The van der Waals surface area contributed by atoms with Gasteiger partial charge in [0.1, 0.15) is 0 Å². The number of carboxylic acid groups (broad SMARTS) is 1. The SMILES string of the molecule is CSCCNC(=O)NC(C)CC(=O)O. The summed E-state index contributed by atoms with van der Waals surface area (Å²) in [7, 11) is 0. The van der Waals surface area contributed by atoms with Gasteiger partial charge in [0.05, 0.1) is 6.42 Å². The van der Waals surface area contributed by atoms with E-state index in [0.717, 1.165) is 5.75 Å². The van der Waals surface area contributed by atoms with Crippen molar-refractivity contribution in [2.75, 3.05) is 18.6 Å². The first-order chi connectivity index (χ1) is 6.56. The predicted molar refractivity (Wildman–Crippen MR) is 56.6 cm³/mol. The molecule has 2 amide bonds. The summed E-state index contributed by atoms with van der Waals surface area (Å²) in [6.45, 7) is 2.25. The van der Waals surface area contributed by atoms with Crippen molar-refractivity contribution in [2.24, 2.45) is 0 Å². The highest BCUT2D eigenvalue weighted by molar-refractivity contribution is 7.98. The van der Waals surface area contributed by atoms with Gasteiger partial charge in [0, 0.05) is 18.3 Å². The third kappa shape index (κ3) is 7.72. The Labute approximate surface area is 87.6 Å². The van der Waals surface area contributed by atoms with Gasteiger partial charge in [0.2, 0.25) is 0 Å². The third-order valence-electron chi connectivity index (χ3n) is 1.45. The third-order valence-corrected chi connectivity index (χ3v) is 2.06. The number of hydrogen-bond acceptors (Lipinski definition) is 3. The zero-order chi connectivity index (χ0) is 11.0. The Hall–Kier alpha value is -0.910. The minimum atomic E-state index is -0.915. The number of hydrogen-bond donors (Lipinski definition) is 3. The van der Waals surface area contributed by atoms with Crippen LogP contribution in [0, 0.1) is 0 Å². The number of nitrogens with one attached hydrogen (secondary N) is 2. The molecule has 1 unspecified atom stereocenters. The molecule has 0 saturated heterocycles. The lowest BCUT2D eigenvalue weighted by molar-refractivity contribution is -0.137. The van der Waals surface area contributed by atoms with E-state index in [9.17, 15) is 9.59 Å². The van der Waals surface area contributed by atoms with E-state index in [0.29, 0.717) is 6.54 Å². The second kappa shape index (κ2) is 7.49. The second-order valence-electron chi connectivity index (χ2n) is 2.89. The molecular formula is C8H16N2O3S. The Kier molecular flexibility index (Phi) is 7.00. The number of urea groups is 1. The summed E-state index contributed by atoms with van der Waals surface area (Å²) < 4.78 is 0. The second-order valence-corrected chi connectivity index (χ2v) is 3.88. The molecule has 0 spiro atoms. The van der Waals surface area contributed by atoms with Crippen molar-refractivity contribution in [3.05, 3.63) is 0 Å². The highest BCUT2D eigenvalue weighted by Crippen LogP contribution is 1.90. The Morgan fingerprint density at radius 2 is 2.14 bits per heavy atom. The fraction of sp³-hybridized carbons (Fsp3) is 0.750. The molecule has 82 valence electrons. The average Bonchev–Trinajstić information content (AvgIpc) is 2.02. The van der Waals surface area contributed by atoms with Crippen molar-refractivity contribution in [2.45, 2.75) is 19.4 Å². The van der Waals surface area contributed by atoms with Crippen LogP contribution >= 0.6 is 11.8 Å². The van der Waals surface area contributed by atoms with Crippen molar-refractivity contribution >= 4 is 23.8 Å². The van der Waals surface area contributed by atoms with Crippen LogP contribution in [0.4, 0.5) is 4.79 Å². The first-order valence-corrected chi connectivity index (χ1v) is 5.70. The van der Waals surface area contributed by atoms with Crippen LogP contribution < -0.4 is 10.6 Å². The fourth-order valence-corrected chi connectivity index (χ4v) is 1.16. The lowest BCUT2D eigenvalue weighted by atomic mass is 10.2. The molecule has 6 heteroatoms. The van der Waals surface area contributed by atoms with Crippen molar-refractivity contribution < 1.29 is 14.7 Å². The predicted octanol–water partition coefficient (Wildman–Crippen LogP) is 0.512. The van der Waals surface area contributed by atoms with E-state index < -0.39 is 5.97 Å². The molecule has 1 atom stereocenters. The maximum Gasteiger partial charge on any atom is 0.315 e. The smallest absolute Gasteiger partial charge is 0.315 e. The summed E-state index contributed by atoms with van der Waals surface area (Å²) in [6.07, 6.45) is 1.89. The van der Waals surface area contributed by atoms with Gasteiger partial charge in [0.25, 0.3) is 0 Å². The first-order valence-electron chi connectivity index (χ1n) is 4.31. The summed E-state index contributed by atoms with van der Waals surface area (Å²) in [6, 6.07) is -0.658. The Morgan fingerprint density at radius 3 is 2.64 bits per heavy atom. The molecule has 0 aliphatic rings. The molecule has 0 heterocycles. The summed E-state index contributed by atoms with van der Waals surface area (Å²) in [4.78, 5) is 21.4. The van der Waals surface area contributed by atoms with Crippen LogP contribution in [0.1, 0.15) is 13.3 Å². The standard InChI is InChI=1S/C8H16N2O3S/c1-6(5-7(11)12)10-8(13)9-3-4-14-2/h6H,3-5H2,1-2H3,(H,11,12)(H2,9,10,13). The molecule has 0 aliphatic heterocycles. The number of carbonyl (C=O) groups excluding carboxylic acids is 1. The highest BCUT2D eigenvalue weighted by atomic mass is 32.2. The van der Waals surface area contributed by atoms with Gasteiger partial charge in [-0.1, -0.05) is 0 Å². The Morgan fingerprint density at radius 1 is 1.50 bits per heavy atom. The van der Waals surface area contributed by atoms with Gasteiger partial charge in [0.15, 0.2) is 0 Å². The molecule has 0 aromatic carbocycles. The van der Waals surface area contributed by atoms with Gasteiger partial charge < -0.3 is 15.7 Å². The van der Waals surface area contributed by atoms with Crippen LogP contribution in [0.5, 0.6) is 0 Å². The van der Waals surface area contributed by atoms with Gasteiger partial charge in [-0.25, -0.2) is 4.79 Å². The topological polar surface area (TPSA) is 78.4 Å². The number of thioether (sulfide) groups is 1. The van der Waals surface area contributed by atoms with Crippen LogP contribution in [0.25, 0.3) is 0 Å². The first kappa shape index (κ1) is 13.1. The minimum Gasteiger partial charge on any atom is -0.481 e. The monoisotopic (exact) mass is 220 g/mol. The summed E-state index contributed by atoms with van der Waals surface area (Å²) in [5, 5.41) is 13.6. The quantitative estimate of drug-likeness (QED) is 0.570. The molecule has 0 saturated carbocycles. The average molecular weight is 220 g/mol. The minimum absolute atomic E-state index is 0.0596. The van der Waals surface area contributed by atoms with Crippen LogP contribution in [-0.2, 0) is 4.79 Å². The van der Waals surface area contributed by atoms with Crippen molar-refractivity contribution in [1.29, 1.82) is 0 Å². The van der Waals surface area contributed by atoms with Crippen LogP contribution in [0.2, 0.25) is 0 Å². The normalized spacial score (nSPS) is 11.9. The molecule has 0 aromatic heterocycles. The van der Waals surface area contributed by atoms with E-state index in [1.807, 2.05) is 6.26 Å². The number of carbonyl (C=O) groups is 2. The largest absolute Gasteiger partial charge is 0.481 e. The number of carboxylic acids is 1. The molecule has 0 fully saturated rings. The molecule has 0 rings (SSSR count). The zero-order valence-electron chi connectivity index (χ0n) is 8.37. The lowest BCUT2D eigenvalue weighted by Gasteiger charge is -2.12. The summed E-state index contributed by atoms with van der Waals surface area (Å²) >= 11 is 1.64. The number of rotatable bonds is 6. The maximum absolute atomic E-state index is 11.1. The van der Waals surface area contributed by atoms with Crippen molar-refractivity contribution in [1.82, 2.24) is 10.6 Å². The van der Waals surface area contributed by atoms with E-state index in [1.54, 1.807) is 18.7 Å². The molecule has 0 aliphatic carbocycles. The lowest BCUT2D eigenvalue weighted by Crippen LogP contribution is -2.42. The van der Waals surface area contributed by atoms with Crippen LogP contribution in [0.15, 0.2) is 0 Å². The van der Waals surface area contributed by atoms with E-state index >= 15 is 0 Å². The van der Waals surface area contributed by atoms with Crippen LogP contribution in [-0.4, -0.2) is 41.7 Å². The van der Waals surface area contributed by atoms with E-state index in [-0.39, 0.29) is 18.5 Å². The van der Waals surface area contributed by atoms with Crippen LogP contribution in [0.3, 0.4) is 0 Å². The molecule has 5 nitrogen and oxygen atoms in total. The van der Waals surface area contributed by atoms with E-state index in [2.05, 4.69) is 10.6 Å². The summed E-state index contributed by atoms with van der Waals surface area (Å²) in [5.41, 5.74) is 0. The van der Waals surface area contributed by atoms with Gasteiger partial charge in [-0.15, -0.1) is 0 Å². The highest BCUT2D eigenvalue weighted by Gasteiger charge is 2.09. The molecule has 0 aromatic rings. The van der Waals surface area contributed by atoms with Gasteiger partial charge in [-0.2, -0.15) is 11.8 Å². The van der Waals surface area contributed by atoms with Crippen molar-refractivity contribution in [3.63, 3.8) is 0 Å².